The van der Waals surface area contributed by atoms with Crippen LogP contribution in [0.5, 0.6) is 5.75 Å². The normalized spacial score (nSPS) is 24.3. The molecule has 4 atom stereocenters. The van der Waals surface area contributed by atoms with Crippen LogP contribution in [0.15, 0.2) is 48.5 Å². The van der Waals surface area contributed by atoms with Gasteiger partial charge in [0.15, 0.2) is 0 Å². The van der Waals surface area contributed by atoms with Crippen LogP contribution in [0.3, 0.4) is 0 Å². The van der Waals surface area contributed by atoms with Crippen molar-refractivity contribution in [1.29, 1.82) is 0 Å². The zero-order valence-electron chi connectivity index (χ0n) is 21.1. The number of benzene rings is 2. The summed E-state index contributed by atoms with van der Waals surface area (Å²) in [5.74, 6) is 1.40. The molecule has 35 heavy (non-hydrogen) atoms. The molecule has 3 aliphatic heterocycles. The lowest BCUT2D eigenvalue weighted by Crippen LogP contribution is -2.61. The Kier molecular flexibility index (Phi) is 6.72. The molecule has 6 nitrogen and oxygen atoms in total. The molecule has 2 aromatic rings. The van der Waals surface area contributed by atoms with Gasteiger partial charge in [-0.05, 0) is 67.3 Å². The summed E-state index contributed by atoms with van der Waals surface area (Å²) < 4.78 is 5.88. The lowest BCUT2D eigenvalue weighted by molar-refractivity contribution is -0.148. The van der Waals surface area contributed by atoms with E-state index in [4.69, 9.17) is 4.74 Å². The molecule has 2 fully saturated rings. The third kappa shape index (κ3) is 4.75. The second kappa shape index (κ2) is 9.92. The Labute approximate surface area is 208 Å². The minimum atomic E-state index is -0.156. The molecule has 186 valence electrons. The minimum absolute atomic E-state index is 0.0587. The topological polar surface area (TPSA) is 61.9 Å². The molecule has 0 aromatic heterocycles. The fourth-order valence-corrected chi connectivity index (χ4v) is 5.99. The summed E-state index contributed by atoms with van der Waals surface area (Å²) in [6.07, 6.45) is 3.45. The molecule has 3 aliphatic rings. The Hall–Kier alpha value is -3.02. The smallest absolute Gasteiger partial charge is 0.318 e. The van der Waals surface area contributed by atoms with Crippen LogP contribution in [0, 0.1) is 11.8 Å². The van der Waals surface area contributed by atoms with Crippen molar-refractivity contribution in [2.24, 2.45) is 11.8 Å². The quantitative estimate of drug-likeness (QED) is 0.654. The lowest BCUT2D eigenvalue weighted by atomic mass is 9.76. The van der Waals surface area contributed by atoms with Gasteiger partial charge in [-0.25, -0.2) is 4.79 Å². The molecule has 3 amide bonds. The number of rotatable bonds is 5. The van der Waals surface area contributed by atoms with E-state index in [2.05, 4.69) is 48.3 Å². The van der Waals surface area contributed by atoms with Gasteiger partial charge in [-0.15, -0.1) is 0 Å². The zero-order chi connectivity index (χ0) is 24.5. The van der Waals surface area contributed by atoms with Gasteiger partial charge in [0.25, 0.3) is 0 Å². The molecule has 5 rings (SSSR count). The number of hydrogen-bond acceptors (Lipinski definition) is 3. The molecule has 0 spiro atoms. The van der Waals surface area contributed by atoms with Gasteiger partial charge in [-0.2, -0.15) is 0 Å². The fourth-order valence-electron chi connectivity index (χ4n) is 5.99. The van der Waals surface area contributed by atoms with E-state index in [-0.39, 0.29) is 36.0 Å². The van der Waals surface area contributed by atoms with Gasteiger partial charge < -0.3 is 19.9 Å². The summed E-state index contributed by atoms with van der Waals surface area (Å²) in [5, 5.41) is 3.20. The van der Waals surface area contributed by atoms with Crippen molar-refractivity contribution in [3.05, 3.63) is 65.2 Å². The van der Waals surface area contributed by atoms with Crippen LogP contribution in [-0.4, -0.2) is 47.5 Å². The summed E-state index contributed by atoms with van der Waals surface area (Å²) in [7, 11) is 0. The zero-order valence-corrected chi connectivity index (χ0v) is 21.1. The van der Waals surface area contributed by atoms with E-state index in [9.17, 15) is 9.59 Å². The third-order valence-corrected chi connectivity index (χ3v) is 7.80. The van der Waals surface area contributed by atoms with Crippen molar-refractivity contribution in [2.75, 3.05) is 19.7 Å². The van der Waals surface area contributed by atoms with Gasteiger partial charge in [0.1, 0.15) is 5.75 Å². The molecule has 2 aromatic carbocycles. The van der Waals surface area contributed by atoms with Crippen LogP contribution in [0.2, 0.25) is 0 Å². The number of carbonyl (C=O) groups excluding carboxylic acids is 2. The molecule has 3 heterocycles. The predicted octanol–water partition coefficient (Wildman–Crippen LogP) is 5.10. The molecule has 0 saturated carbocycles. The highest BCUT2D eigenvalue weighted by Gasteiger charge is 2.48. The van der Waals surface area contributed by atoms with Gasteiger partial charge in [-0.3, -0.25) is 4.79 Å². The van der Waals surface area contributed by atoms with Crippen LogP contribution in [-0.2, 0) is 11.2 Å². The maximum Gasteiger partial charge on any atom is 0.318 e. The second-order valence-corrected chi connectivity index (χ2v) is 10.7. The van der Waals surface area contributed by atoms with Crippen molar-refractivity contribution >= 4 is 11.9 Å². The van der Waals surface area contributed by atoms with Gasteiger partial charge >= 0.3 is 6.03 Å². The number of likely N-dealkylation sites (tertiary alicyclic amines) is 1. The van der Waals surface area contributed by atoms with E-state index < -0.39 is 0 Å². The summed E-state index contributed by atoms with van der Waals surface area (Å²) in [6, 6.07) is 16.2. The van der Waals surface area contributed by atoms with Crippen molar-refractivity contribution in [3.63, 3.8) is 0 Å². The first-order valence-corrected chi connectivity index (χ1v) is 13.1. The van der Waals surface area contributed by atoms with Gasteiger partial charge in [0, 0.05) is 19.1 Å². The number of amides is 3. The third-order valence-electron chi connectivity index (χ3n) is 7.80. The van der Waals surface area contributed by atoms with E-state index in [0.717, 1.165) is 43.5 Å². The Morgan fingerprint density at radius 3 is 2.77 bits per heavy atom. The molecule has 6 heteroatoms. The lowest BCUT2D eigenvalue weighted by Gasteiger charge is -2.51. The number of piperidine rings is 2. The van der Waals surface area contributed by atoms with E-state index in [1.54, 1.807) is 0 Å². The average molecular weight is 476 g/mol. The van der Waals surface area contributed by atoms with Gasteiger partial charge in [0.05, 0.1) is 24.6 Å². The molecular formula is C29H37N3O3. The van der Waals surface area contributed by atoms with E-state index >= 15 is 0 Å². The minimum Gasteiger partial charge on any atom is -0.493 e. The molecular weight excluding hydrogens is 438 g/mol. The first-order valence-electron chi connectivity index (χ1n) is 13.1. The van der Waals surface area contributed by atoms with Crippen LogP contribution >= 0.6 is 0 Å². The molecule has 0 aliphatic carbocycles. The molecule has 0 bridgehead atoms. The number of nitrogens with one attached hydrogen (secondary N) is 1. The van der Waals surface area contributed by atoms with Crippen molar-refractivity contribution in [3.8, 4) is 5.75 Å². The maximum atomic E-state index is 13.5. The van der Waals surface area contributed by atoms with Crippen molar-refractivity contribution in [2.45, 2.75) is 64.6 Å². The number of urea groups is 1. The molecule has 0 radical (unpaired) electrons. The molecule has 1 N–H and O–H groups in total. The largest absolute Gasteiger partial charge is 0.493 e. The number of hydrogen-bond donors (Lipinski definition) is 1. The SMILES string of the molecule is CC(C)COc1cccc([C@@H](C)NC(=O)N2CCC[C@@H]3C(=O)N4CCc5ccccc5[C@@H]4C[C@@H]32)c1. The summed E-state index contributed by atoms with van der Waals surface area (Å²) in [4.78, 5) is 31.0. The van der Waals surface area contributed by atoms with Crippen molar-refractivity contribution in [1.82, 2.24) is 15.1 Å². The Morgan fingerprint density at radius 2 is 1.94 bits per heavy atom. The highest BCUT2D eigenvalue weighted by molar-refractivity contribution is 5.83. The summed E-state index contributed by atoms with van der Waals surface area (Å²) >= 11 is 0. The van der Waals surface area contributed by atoms with E-state index in [0.29, 0.717) is 19.1 Å². The van der Waals surface area contributed by atoms with Crippen LogP contribution < -0.4 is 10.1 Å². The number of fused-ring (bicyclic) bond motifs is 4. The van der Waals surface area contributed by atoms with Gasteiger partial charge in [0.2, 0.25) is 5.91 Å². The Balaban J connectivity index is 1.31. The maximum absolute atomic E-state index is 13.5. The molecule has 2 saturated heterocycles. The standard InChI is InChI=1S/C29H37N3O3/c1-19(2)18-35-23-10-6-9-22(16-23)20(3)30-29(34)32-14-7-12-25-27(32)17-26-24-11-5-4-8-21(24)13-15-31(26)28(25)33/h4-6,8-11,16,19-20,25-27H,7,12-15,17-18H2,1-3H3,(H,30,34)/t20-,25+,26+,27+/m1/s1. The predicted molar refractivity (Wildman–Crippen MR) is 136 cm³/mol. The first-order chi connectivity index (χ1) is 16.9. The number of nitrogens with zero attached hydrogens (tertiary/aromatic N) is 2. The summed E-state index contributed by atoms with van der Waals surface area (Å²) in [5.41, 5.74) is 3.60. The first kappa shape index (κ1) is 23.7. The number of carbonyl (C=O) groups is 2. The monoisotopic (exact) mass is 475 g/mol. The van der Waals surface area contributed by atoms with Gasteiger partial charge in [-0.1, -0.05) is 50.2 Å². The van der Waals surface area contributed by atoms with Crippen LogP contribution in [0.4, 0.5) is 4.79 Å². The van der Waals surface area contributed by atoms with E-state index in [1.807, 2.05) is 36.1 Å². The highest BCUT2D eigenvalue weighted by atomic mass is 16.5. The summed E-state index contributed by atoms with van der Waals surface area (Å²) in [6.45, 7) is 8.39. The van der Waals surface area contributed by atoms with Crippen LogP contribution in [0.1, 0.15) is 68.8 Å². The Bertz CT molecular complexity index is 1080. The highest BCUT2D eigenvalue weighted by Crippen LogP contribution is 2.43. The fraction of sp³-hybridized carbons (Fsp3) is 0.517. The van der Waals surface area contributed by atoms with Crippen LogP contribution in [0.25, 0.3) is 0 Å². The van der Waals surface area contributed by atoms with E-state index in [1.165, 1.54) is 11.1 Å². The average Bonchev–Trinajstić information content (AvgIpc) is 2.87. The second-order valence-electron chi connectivity index (χ2n) is 10.7. The Morgan fingerprint density at radius 1 is 1.11 bits per heavy atom. The number of ether oxygens (including phenoxy) is 1. The van der Waals surface area contributed by atoms with Crippen molar-refractivity contribution < 1.29 is 14.3 Å². The molecule has 0 unspecified atom stereocenters.